The lowest BCUT2D eigenvalue weighted by atomic mass is 10.0. The second-order valence-corrected chi connectivity index (χ2v) is 4.35. The highest BCUT2D eigenvalue weighted by Crippen LogP contribution is 2.24. The summed E-state index contributed by atoms with van der Waals surface area (Å²) in [6.45, 7) is 1.86. The summed E-state index contributed by atoms with van der Waals surface area (Å²) in [5.41, 5.74) is 1.91. The number of para-hydroxylation sites is 1. The molecule has 2 aromatic rings. The van der Waals surface area contributed by atoms with Gasteiger partial charge in [0.05, 0.1) is 5.56 Å². The number of carbonyl (C=O) groups is 1. The summed E-state index contributed by atoms with van der Waals surface area (Å²) in [6.07, 6.45) is 6.81. The van der Waals surface area contributed by atoms with Gasteiger partial charge in [0.25, 0.3) is 0 Å². The number of phenols is 1. The van der Waals surface area contributed by atoms with Gasteiger partial charge in [-0.15, -0.1) is 0 Å². The second kappa shape index (κ2) is 6.53. The monoisotopic (exact) mass is 264 g/mol. The van der Waals surface area contributed by atoms with E-state index in [0.29, 0.717) is 11.1 Å². The lowest BCUT2D eigenvalue weighted by molar-refractivity contribution is 0.104. The maximum Gasteiger partial charge on any atom is 0.189 e. The van der Waals surface area contributed by atoms with Gasteiger partial charge in [-0.1, -0.05) is 60.7 Å². The molecule has 0 spiro atoms. The van der Waals surface area contributed by atoms with Crippen molar-refractivity contribution >= 4 is 17.9 Å². The Labute approximate surface area is 118 Å². The molecule has 0 unspecified atom stereocenters. The molecule has 2 heteroatoms. The Hall–Kier alpha value is -2.61. The van der Waals surface area contributed by atoms with E-state index in [0.717, 1.165) is 5.56 Å². The van der Waals surface area contributed by atoms with Crippen molar-refractivity contribution in [3.05, 3.63) is 77.4 Å². The summed E-state index contributed by atoms with van der Waals surface area (Å²) in [4.78, 5) is 12.1. The lowest BCUT2D eigenvalue weighted by Crippen LogP contribution is -1.95. The summed E-state index contributed by atoms with van der Waals surface area (Å²) >= 11 is 0. The number of allylic oxidation sites excluding steroid dienone is 2. The maximum atomic E-state index is 12.1. The number of hydrogen-bond donors (Lipinski definition) is 1. The molecule has 0 aromatic heterocycles. The summed E-state index contributed by atoms with van der Waals surface area (Å²) < 4.78 is 0. The van der Waals surface area contributed by atoms with Gasteiger partial charge < -0.3 is 5.11 Å². The van der Waals surface area contributed by atoms with Gasteiger partial charge in [-0.2, -0.15) is 0 Å². The molecule has 0 amide bonds. The van der Waals surface area contributed by atoms with E-state index in [-0.39, 0.29) is 11.5 Å². The average molecular weight is 264 g/mol. The van der Waals surface area contributed by atoms with Crippen molar-refractivity contribution in [3.8, 4) is 5.75 Å². The summed E-state index contributed by atoms with van der Waals surface area (Å²) in [5, 5.41) is 10.1. The minimum atomic E-state index is -0.210. The molecule has 2 aromatic carbocycles. The zero-order chi connectivity index (χ0) is 14.4. The third-order valence-electron chi connectivity index (χ3n) is 2.91. The first kappa shape index (κ1) is 13.8. The number of ketones is 1. The van der Waals surface area contributed by atoms with Crippen LogP contribution in [0.2, 0.25) is 0 Å². The van der Waals surface area contributed by atoms with Crippen molar-refractivity contribution in [1.29, 1.82) is 0 Å². The number of carbonyl (C=O) groups excluding carboxylic acids is 1. The zero-order valence-corrected chi connectivity index (χ0v) is 11.3. The molecule has 2 nitrogen and oxygen atoms in total. The van der Waals surface area contributed by atoms with Crippen LogP contribution in [-0.4, -0.2) is 10.9 Å². The van der Waals surface area contributed by atoms with Crippen molar-refractivity contribution in [1.82, 2.24) is 0 Å². The molecule has 20 heavy (non-hydrogen) atoms. The smallest absolute Gasteiger partial charge is 0.189 e. The Balaban J connectivity index is 2.26. The lowest BCUT2D eigenvalue weighted by Gasteiger charge is -2.04. The van der Waals surface area contributed by atoms with Gasteiger partial charge in [0.15, 0.2) is 5.78 Å². The molecular weight excluding hydrogens is 248 g/mol. The van der Waals surface area contributed by atoms with E-state index in [2.05, 4.69) is 0 Å². The van der Waals surface area contributed by atoms with Gasteiger partial charge in [-0.25, -0.2) is 0 Å². The number of phenolic OH excluding ortho intramolecular Hbond substituents is 1. The molecule has 0 aliphatic heterocycles. The molecule has 0 fully saturated rings. The van der Waals surface area contributed by atoms with E-state index in [1.54, 1.807) is 30.4 Å². The third kappa shape index (κ3) is 3.23. The molecule has 0 atom stereocenters. The number of rotatable bonds is 4. The van der Waals surface area contributed by atoms with Crippen molar-refractivity contribution in [2.75, 3.05) is 0 Å². The van der Waals surface area contributed by atoms with Gasteiger partial charge in [0, 0.05) is 5.56 Å². The van der Waals surface area contributed by atoms with Crippen molar-refractivity contribution in [2.24, 2.45) is 0 Å². The van der Waals surface area contributed by atoms with E-state index in [4.69, 9.17) is 0 Å². The Morgan fingerprint density at radius 2 is 1.75 bits per heavy atom. The van der Waals surface area contributed by atoms with Crippen LogP contribution < -0.4 is 0 Å². The molecule has 0 saturated heterocycles. The molecular formula is C18H16O2. The van der Waals surface area contributed by atoms with Crippen LogP contribution in [-0.2, 0) is 0 Å². The number of hydrogen-bond acceptors (Lipinski definition) is 2. The minimum Gasteiger partial charge on any atom is -0.507 e. The highest BCUT2D eigenvalue weighted by atomic mass is 16.3. The van der Waals surface area contributed by atoms with E-state index < -0.39 is 0 Å². The second-order valence-electron chi connectivity index (χ2n) is 4.35. The van der Waals surface area contributed by atoms with Gasteiger partial charge in [-0.05, 0) is 24.6 Å². The highest BCUT2D eigenvalue weighted by Gasteiger charge is 2.10. The molecule has 0 aliphatic rings. The highest BCUT2D eigenvalue weighted by molar-refractivity contribution is 6.09. The molecule has 1 N–H and O–H groups in total. The number of aromatic hydroxyl groups is 1. The maximum absolute atomic E-state index is 12.1. The Kier molecular flexibility index (Phi) is 4.51. The van der Waals surface area contributed by atoms with Crippen molar-refractivity contribution in [2.45, 2.75) is 6.92 Å². The van der Waals surface area contributed by atoms with Crippen LogP contribution in [0, 0.1) is 0 Å². The van der Waals surface area contributed by atoms with Crippen molar-refractivity contribution < 1.29 is 9.90 Å². The first-order valence-electron chi connectivity index (χ1n) is 6.44. The summed E-state index contributed by atoms with van der Waals surface area (Å²) in [6, 6.07) is 14.7. The summed E-state index contributed by atoms with van der Waals surface area (Å²) in [7, 11) is 0. The predicted molar refractivity (Wildman–Crippen MR) is 82.6 cm³/mol. The Morgan fingerprint density at radius 3 is 2.45 bits per heavy atom. The standard InChI is InChI=1S/C18H16O2/c1-2-7-15-10-6-11-16(18(15)20)17(19)13-12-14-8-4-3-5-9-14/h2-13,20H,1H3. The van der Waals surface area contributed by atoms with Crippen LogP contribution >= 0.6 is 0 Å². The summed E-state index contributed by atoms with van der Waals surface area (Å²) in [5.74, 6) is -0.189. The fraction of sp³-hybridized carbons (Fsp3) is 0.0556. The third-order valence-corrected chi connectivity index (χ3v) is 2.91. The molecule has 0 bridgehead atoms. The molecule has 0 radical (unpaired) electrons. The first-order valence-corrected chi connectivity index (χ1v) is 6.44. The van der Waals surface area contributed by atoms with Crippen LogP contribution in [0.5, 0.6) is 5.75 Å². The van der Waals surface area contributed by atoms with Gasteiger partial charge >= 0.3 is 0 Å². The fourth-order valence-corrected chi connectivity index (χ4v) is 1.90. The van der Waals surface area contributed by atoms with Crippen LogP contribution in [0.4, 0.5) is 0 Å². The van der Waals surface area contributed by atoms with E-state index in [9.17, 15) is 9.90 Å². The Bertz CT molecular complexity index is 652. The normalized spacial score (nSPS) is 11.2. The predicted octanol–water partition coefficient (Wildman–Crippen LogP) is 4.32. The van der Waals surface area contributed by atoms with Crippen LogP contribution in [0.25, 0.3) is 12.2 Å². The van der Waals surface area contributed by atoms with Crippen LogP contribution in [0.3, 0.4) is 0 Å². The molecule has 0 aliphatic carbocycles. The SMILES string of the molecule is CC=Cc1cccc(C(=O)C=Cc2ccccc2)c1O. The first-order chi connectivity index (χ1) is 9.72. The van der Waals surface area contributed by atoms with E-state index in [1.165, 1.54) is 6.08 Å². The van der Waals surface area contributed by atoms with E-state index >= 15 is 0 Å². The Morgan fingerprint density at radius 1 is 1.00 bits per heavy atom. The van der Waals surface area contributed by atoms with Gasteiger partial charge in [0.2, 0.25) is 0 Å². The number of benzene rings is 2. The van der Waals surface area contributed by atoms with Crippen molar-refractivity contribution in [3.63, 3.8) is 0 Å². The van der Waals surface area contributed by atoms with Crippen LogP contribution in [0.1, 0.15) is 28.4 Å². The van der Waals surface area contributed by atoms with Crippen LogP contribution in [0.15, 0.2) is 60.7 Å². The molecule has 0 heterocycles. The largest absolute Gasteiger partial charge is 0.507 e. The minimum absolute atomic E-state index is 0.0216. The van der Waals surface area contributed by atoms with Gasteiger partial charge in [0.1, 0.15) is 5.75 Å². The topological polar surface area (TPSA) is 37.3 Å². The zero-order valence-electron chi connectivity index (χ0n) is 11.3. The molecule has 2 rings (SSSR count). The quantitative estimate of drug-likeness (QED) is 0.659. The van der Waals surface area contributed by atoms with E-state index in [1.807, 2.05) is 43.3 Å². The van der Waals surface area contributed by atoms with Gasteiger partial charge in [-0.3, -0.25) is 4.79 Å². The average Bonchev–Trinajstić information content (AvgIpc) is 2.48. The molecule has 100 valence electrons. The fourth-order valence-electron chi connectivity index (χ4n) is 1.90. The molecule has 0 saturated carbocycles.